The number of hydrogen-bond donors (Lipinski definition) is 1. The lowest BCUT2D eigenvalue weighted by molar-refractivity contribution is -0.135. The van der Waals surface area contributed by atoms with Gasteiger partial charge < -0.3 is 14.3 Å². The summed E-state index contributed by atoms with van der Waals surface area (Å²) in [6.07, 6.45) is -0.0350. The van der Waals surface area contributed by atoms with Gasteiger partial charge in [0.05, 0.1) is 12.0 Å². The molecule has 2 aromatic heterocycles. The lowest BCUT2D eigenvalue weighted by atomic mass is 9.87. The van der Waals surface area contributed by atoms with Crippen LogP contribution in [0.25, 0.3) is 10.9 Å². The van der Waals surface area contributed by atoms with E-state index < -0.39 is 11.9 Å². The Bertz CT molecular complexity index is 1140. The van der Waals surface area contributed by atoms with Crippen molar-refractivity contribution in [2.45, 2.75) is 19.3 Å². The van der Waals surface area contributed by atoms with Crippen LogP contribution < -0.4 is 15.9 Å². The maximum absolute atomic E-state index is 12.8. The first kappa shape index (κ1) is 15.4. The highest BCUT2D eigenvalue weighted by atomic mass is 16.5. The van der Waals surface area contributed by atoms with E-state index in [2.05, 4.69) is 4.98 Å². The summed E-state index contributed by atoms with van der Waals surface area (Å²) < 4.78 is 6.76. The molecule has 0 amide bonds. The molecule has 3 heterocycles. The number of carbonyl (C=O) groups excluding carboxylic acids is 1. The van der Waals surface area contributed by atoms with Gasteiger partial charge in [-0.1, -0.05) is 18.2 Å². The van der Waals surface area contributed by atoms with Crippen LogP contribution in [-0.4, -0.2) is 15.5 Å². The van der Waals surface area contributed by atoms with Crippen LogP contribution in [0.2, 0.25) is 0 Å². The Balaban J connectivity index is 2.01. The molecule has 0 aliphatic carbocycles. The van der Waals surface area contributed by atoms with Gasteiger partial charge in [0.1, 0.15) is 5.75 Å². The van der Waals surface area contributed by atoms with Crippen LogP contribution in [0.1, 0.15) is 29.2 Å². The molecule has 1 aliphatic rings. The van der Waals surface area contributed by atoms with E-state index in [-0.39, 0.29) is 23.3 Å². The average molecular weight is 336 g/mol. The van der Waals surface area contributed by atoms with Crippen LogP contribution in [-0.2, 0) is 11.8 Å². The summed E-state index contributed by atoms with van der Waals surface area (Å²) in [6, 6.07) is 10.8. The van der Waals surface area contributed by atoms with Crippen LogP contribution in [0, 0.1) is 6.92 Å². The molecule has 0 fully saturated rings. The Hall–Kier alpha value is -3.15. The minimum absolute atomic E-state index is 0.0350. The molecular weight excluding hydrogens is 320 g/mol. The molecule has 4 rings (SSSR count). The Morgan fingerprint density at radius 3 is 2.72 bits per heavy atom. The normalized spacial score (nSPS) is 16.6. The van der Waals surface area contributed by atoms with Gasteiger partial charge in [-0.15, -0.1) is 0 Å². The molecule has 6 nitrogen and oxygen atoms in total. The Morgan fingerprint density at radius 1 is 1.16 bits per heavy atom. The first-order chi connectivity index (χ1) is 12.0. The number of pyridine rings is 2. The zero-order valence-electron chi connectivity index (χ0n) is 13.8. The van der Waals surface area contributed by atoms with E-state index in [9.17, 15) is 14.4 Å². The molecule has 0 saturated heterocycles. The fourth-order valence-electron chi connectivity index (χ4n) is 3.34. The predicted octanol–water partition coefficient (Wildman–Crippen LogP) is 1.98. The molecule has 3 aromatic rings. The molecule has 0 spiro atoms. The van der Waals surface area contributed by atoms with Gasteiger partial charge in [0.15, 0.2) is 0 Å². The van der Waals surface area contributed by atoms with E-state index in [0.29, 0.717) is 22.3 Å². The van der Waals surface area contributed by atoms with Gasteiger partial charge in [0, 0.05) is 35.8 Å². The Kier molecular flexibility index (Phi) is 3.35. The summed E-state index contributed by atoms with van der Waals surface area (Å²) in [4.78, 5) is 40.2. The van der Waals surface area contributed by atoms with E-state index in [1.165, 1.54) is 4.57 Å². The fraction of sp³-hybridized carbons (Fsp3) is 0.211. The van der Waals surface area contributed by atoms with Gasteiger partial charge in [-0.25, -0.2) is 0 Å². The molecular formula is C19H16N2O4. The number of aromatic nitrogens is 2. The predicted molar refractivity (Wildman–Crippen MR) is 93.1 cm³/mol. The number of H-pyrrole nitrogens is 1. The molecule has 6 heteroatoms. The largest absolute Gasteiger partial charge is 0.426 e. The number of nitrogens with one attached hydrogen (secondary N) is 1. The number of aryl methyl sites for hydroxylation is 1. The molecule has 1 atom stereocenters. The van der Waals surface area contributed by atoms with Crippen LogP contribution in [0.3, 0.4) is 0 Å². The molecule has 0 bridgehead atoms. The average Bonchev–Trinajstić information content (AvgIpc) is 2.58. The molecule has 1 aromatic carbocycles. The summed E-state index contributed by atoms with van der Waals surface area (Å²) in [5.74, 6) is -0.823. The van der Waals surface area contributed by atoms with Crippen molar-refractivity contribution in [2.24, 2.45) is 7.05 Å². The first-order valence-electron chi connectivity index (χ1n) is 7.99. The summed E-state index contributed by atoms with van der Waals surface area (Å²) >= 11 is 0. The smallest absolute Gasteiger partial charge is 0.312 e. The van der Waals surface area contributed by atoms with Crippen LogP contribution in [0.5, 0.6) is 5.75 Å². The van der Waals surface area contributed by atoms with Gasteiger partial charge in [0.25, 0.3) is 11.1 Å². The van der Waals surface area contributed by atoms with Gasteiger partial charge in [-0.05, 0) is 24.4 Å². The topological polar surface area (TPSA) is 81.2 Å². The van der Waals surface area contributed by atoms with Crippen molar-refractivity contribution in [2.75, 3.05) is 0 Å². The molecule has 1 aliphatic heterocycles. The number of benzene rings is 1. The van der Waals surface area contributed by atoms with Gasteiger partial charge in [-0.2, -0.15) is 0 Å². The third-order valence-electron chi connectivity index (χ3n) is 4.77. The number of ether oxygens (including phenoxy) is 1. The highest BCUT2D eigenvalue weighted by Gasteiger charge is 2.33. The Morgan fingerprint density at radius 2 is 1.92 bits per heavy atom. The SMILES string of the molecule is Cc1cc2c(c(=O)n1C)[C@H](c1cc3ccccc3[nH]c1=O)CC(=O)O2. The number of nitrogens with zero attached hydrogens (tertiary/aromatic N) is 1. The fourth-order valence-corrected chi connectivity index (χ4v) is 3.34. The second-order valence-corrected chi connectivity index (χ2v) is 6.30. The molecule has 25 heavy (non-hydrogen) atoms. The van der Waals surface area contributed by atoms with E-state index in [4.69, 9.17) is 4.74 Å². The summed E-state index contributed by atoms with van der Waals surface area (Å²) in [5.41, 5.74) is 1.61. The number of carbonyl (C=O) groups is 1. The zero-order valence-corrected chi connectivity index (χ0v) is 13.8. The number of aromatic amines is 1. The van der Waals surface area contributed by atoms with Crippen LogP contribution in [0.15, 0.2) is 46.0 Å². The highest BCUT2D eigenvalue weighted by Crippen LogP contribution is 2.36. The van der Waals surface area contributed by atoms with Crippen LogP contribution in [0.4, 0.5) is 0 Å². The molecule has 0 radical (unpaired) electrons. The first-order valence-corrected chi connectivity index (χ1v) is 7.99. The van der Waals surface area contributed by atoms with Gasteiger partial charge in [-0.3, -0.25) is 14.4 Å². The van der Waals surface area contributed by atoms with Crippen molar-refractivity contribution in [1.82, 2.24) is 9.55 Å². The maximum atomic E-state index is 12.8. The summed E-state index contributed by atoms with van der Waals surface area (Å²) in [6.45, 7) is 1.77. The molecule has 0 saturated carbocycles. The Labute approximate surface area is 142 Å². The molecule has 1 N–H and O–H groups in total. The summed E-state index contributed by atoms with van der Waals surface area (Å²) in [7, 11) is 1.66. The van der Waals surface area contributed by atoms with Crippen molar-refractivity contribution in [3.8, 4) is 5.75 Å². The van der Waals surface area contributed by atoms with Crippen molar-refractivity contribution in [1.29, 1.82) is 0 Å². The summed E-state index contributed by atoms with van der Waals surface area (Å²) in [5, 5.41) is 0.849. The third kappa shape index (κ3) is 2.38. The van der Waals surface area contributed by atoms with Crippen molar-refractivity contribution >= 4 is 16.9 Å². The minimum atomic E-state index is -0.621. The lowest BCUT2D eigenvalue weighted by Crippen LogP contribution is -2.34. The number of rotatable bonds is 1. The van der Waals surface area contributed by atoms with Crippen LogP contribution >= 0.6 is 0 Å². The standard InChI is InChI=1S/C19H16N2O4/c1-10-7-15-17(19(24)21(10)2)12(9-16(22)25-15)13-8-11-5-3-4-6-14(11)20-18(13)23/h3-8,12H,9H2,1-2H3,(H,20,23)/t12-/m0/s1. The highest BCUT2D eigenvalue weighted by molar-refractivity contribution is 5.81. The second kappa shape index (κ2) is 5.44. The third-order valence-corrected chi connectivity index (χ3v) is 4.77. The number of fused-ring (bicyclic) bond motifs is 2. The van der Waals surface area contributed by atoms with E-state index in [0.717, 1.165) is 5.39 Å². The minimum Gasteiger partial charge on any atom is -0.426 e. The number of hydrogen-bond acceptors (Lipinski definition) is 4. The van der Waals surface area contributed by atoms with Crippen molar-refractivity contribution in [3.63, 3.8) is 0 Å². The van der Waals surface area contributed by atoms with Crippen molar-refractivity contribution in [3.05, 3.63) is 73.9 Å². The van der Waals surface area contributed by atoms with Gasteiger partial charge >= 0.3 is 5.97 Å². The van der Waals surface area contributed by atoms with Gasteiger partial charge in [0.2, 0.25) is 0 Å². The molecule has 126 valence electrons. The number of esters is 1. The van der Waals surface area contributed by atoms with E-state index >= 15 is 0 Å². The van der Waals surface area contributed by atoms with E-state index in [1.54, 1.807) is 26.1 Å². The van der Waals surface area contributed by atoms with Crippen molar-refractivity contribution < 1.29 is 9.53 Å². The zero-order chi connectivity index (χ0) is 17.7. The number of para-hydroxylation sites is 1. The molecule has 0 unspecified atom stereocenters. The maximum Gasteiger partial charge on any atom is 0.312 e. The van der Waals surface area contributed by atoms with E-state index in [1.807, 2.05) is 24.3 Å². The lowest BCUT2D eigenvalue weighted by Gasteiger charge is -2.25. The second-order valence-electron chi connectivity index (χ2n) is 6.30. The quantitative estimate of drug-likeness (QED) is 0.689. The monoisotopic (exact) mass is 336 g/mol.